The number of rotatable bonds is 1. The van der Waals surface area contributed by atoms with Crippen LogP contribution in [0.1, 0.15) is 12.8 Å². The molecule has 0 radical (unpaired) electrons. The van der Waals surface area contributed by atoms with Gasteiger partial charge in [0.05, 0.1) is 6.54 Å². The molecule has 1 aliphatic carbocycles. The Morgan fingerprint density at radius 3 is 2.86 bits per heavy atom. The number of piperazine rings is 1. The Morgan fingerprint density at radius 1 is 1.36 bits per heavy atom. The number of allylic oxidation sites excluding steroid dienone is 4. The number of nitrogens with zero attached hydrogens (tertiary/aromatic N) is 2. The maximum atomic E-state index is 11.7. The highest BCUT2D eigenvalue weighted by Gasteiger charge is 2.23. The van der Waals surface area contributed by atoms with Gasteiger partial charge in [-0.1, -0.05) is 12.2 Å². The molecule has 0 aromatic rings. The third-order valence-corrected chi connectivity index (χ3v) is 2.75. The predicted octanol–water partition coefficient (Wildman–Crippen LogP) is 0.994. The van der Waals surface area contributed by atoms with Gasteiger partial charge in [-0.25, -0.2) is 0 Å². The molecule has 1 saturated heterocycles. The van der Waals surface area contributed by atoms with E-state index in [1.54, 1.807) is 0 Å². The van der Waals surface area contributed by atoms with E-state index < -0.39 is 0 Å². The molecule has 0 spiro atoms. The number of likely N-dealkylation sites (N-methyl/N-ethyl adjacent to an activating group) is 1. The van der Waals surface area contributed by atoms with E-state index in [9.17, 15) is 4.79 Å². The summed E-state index contributed by atoms with van der Waals surface area (Å²) in [7, 11) is 1.99. The van der Waals surface area contributed by atoms with Gasteiger partial charge in [-0.05, 0) is 26.0 Å². The number of hydrogen-bond acceptors (Lipinski definition) is 2. The summed E-state index contributed by atoms with van der Waals surface area (Å²) in [6.07, 6.45) is 8.32. The van der Waals surface area contributed by atoms with Crippen molar-refractivity contribution in [2.24, 2.45) is 0 Å². The van der Waals surface area contributed by atoms with Gasteiger partial charge < -0.3 is 4.90 Å². The van der Waals surface area contributed by atoms with Gasteiger partial charge in [-0.2, -0.15) is 0 Å². The summed E-state index contributed by atoms with van der Waals surface area (Å²) in [4.78, 5) is 15.7. The fraction of sp³-hybridized carbons (Fsp3) is 0.545. The monoisotopic (exact) mass is 192 g/mol. The molecule has 0 atom stereocenters. The molecule has 0 saturated carbocycles. The first-order chi connectivity index (χ1) is 6.77. The minimum atomic E-state index is 0.236. The first-order valence-electron chi connectivity index (χ1n) is 5.12. The highest BCUT2D eigenvalue weighted by molar-refractivity contribution is 5.80. The Labute approximate surface area is 84.7 Å². The highest BCUT2D eigenvalue weighted by atomic mass is 16.2. The summed E-state index contributed by atoms with van der Waals surface area (Å²) >= 11 is 0. The van der Waals surface area contributed by atoms with Crippen LogP contribution in [0.2, 0.25) is 0 Å². The summed E-state index contributed by atoms with van der Waals surface area (Å²) in [5, 5.41) is 0. The summed E-state index contributed by atoms with van der Waals surface area (Å²) in [6.45, 7) is 2.38. The molecule has 1 amide bonds. The molecule has 3 nitrogen and oxygen atoms in total. The van der Waals surface area contributed by atoms with E-state index in [1.807, 2.05) is 18.0 Å². The molecule has 0 aromatic heterocycles. The van der Waals surface area contributed by atoms with Crippen molar-refractivity contribution in [3.8, 4) is 0 Å². The molecule has 1 aliphatic heterocycles. The Kier molecular flexibility index (Phi) is 2.68. The first-order valence-corrected chi connectivity index (χ1v) is 5.12. The highest BCUT2D eigenvalue weighted by Crippen LogP contribution is 2.18. The Bertz CT molecular complexity index is 294. The zero-order valence-electron chi connectivity index (χ0n) is 8.57. The van der Waals surface area contributed by atoms with Crippen LogP contribution in [0.25, 0.3) is 0 Å². The first kappa shape index (κ1) is 9.46. The largest absolute Gasteiger partial charge is 0.314 e. The summed E-state index contributed by atoms with van der Waals surface area (Å²) in [5.41, 5.74) is 1.19. The number of amides is 1. The van der Waals surface area contributed by atoms with Crippen LogP contribution < -0.4 is 0 Å². The van der Waals surface area contributed by atoms with E-state index in [0.29, 0.717) is 6.54 Å². The van der Waals surface area contributed by atoms with E-state index in [-0.39, 0.29) is 5.91 Å². The standard InChI is InChI=1S/C11H16N2O/c1-12-7-8-13(11(14)9-12)10-5-3-2-4-6-10/h2-3,5H,4,6-9H2,1H3. The lowest BCUT2D eigenvalue weighted by molar-refractivity contribution is -0.133. The summed E-state index contributed by atoms with van der Waals surface area (Å²) in [5.74, 6) is 0.236. The van der Waals surface area contributed by atoms with Crippen LogP contribution in [0.3, 0.4) is 0 Å². The molecule has 1 heterocycles. The molecular weight excluding hydrogens is 176 g/mol. The second-order valence-electron chi connectivity index (χ2n) is 3.91. The number of hydrogen-bond donors (Lipinski definition) is 0. The Morgan fingerprint density at radius 2 is 2.21 bits per heavy atom. The molecule has 0 unspecified atom stereocenters. The van der Waals surface area contributed by atoms with Crippen molar-refractivity contribution < 1.29 is 4.79 Å². The van der Waals surface area contributed by atoms with Gasteiger partial charge >= 0.3 is 0 Å². The van der Waals surface area contributed by atoms with Gasteiger partial charge in [-0.15, -0.1) is 0 Å². The van der Waals surface area contributed by atoms with Crippen molar-refractivity contribution in [3.05, 3.63) is 23.9 Å². The number of carbonyl (C=O) groups is 1. The smallest absolute Gasteiger partial charge is 0.240 e. The van der Waals surface area contributed by atoms with Crippen LogP contribution in [0.5, 0.6) is 0 Å². The quantitative estimate of drug-likeness (QED) is 0.618. The lowest BCUT2D eigenvalue weighted by Crippen LogP contribution is -2.48. The average Bonchev–Trinajstić information content (AvgIpc) is 2.19. The van der Waals surface area contributed by atoms with E-state index in [4.69, 9.17) is 0 Å². The molecule has 0 N–H and O–H groups in total. The fourth-order valence-corrected chi connectivity index (χ4v) is 1.91. The SMILES string of the molecule is CN1CCN(C2=CC=CCC2)C(=O)C1. The van der Waals surface area contributed by atoms with Gasteiger partial charge in [-0.3, -0.25) is 9.69 Å². The van der Waals surface area contributed by atoms with Gasteiger partial charge in [0, 0.05) is 18.8 Å². The van der Waals surface area contributed by atoms with Crippen LogP contribution in [0, 0.1) is 0 Å². The molecule has 1 fully saturated rings. The minimum Gasteiger partial charge on any atom is -0.314 e. The molecule has 14 heavy (non-hydrogen) atoms. The van der Waals surface area contributed by atoms with E-state index in [2.05, 4.69) is 17.1 Å². The zero-order valence-corrected chi connectivity index (χ0v) is 8.57. The molecular formula is C11H16N2O. The normalized spacial score (nSPS) is 23.9. The minimum absolute atomic E-state index is 0.236. The fourth-order valence-electron chi connectivity index (χ4n) is 1.91. The molecule has 76 valence electrons. The molecule has 0 bridgehead atoms. The molecule has 2 aliphatic rings. The van der Waals surface area contributed by atoms with Crippen molar-refractivity contribution in [1.82, 2.24) is 9.80 Å². The van der Waals surface area contributed by atoms with Crippen LogP contribution in [-0.4, -0.2) is 42.4 Å². The molecule has 0 aromatic carbocycles. The van der Waals surface area contributed by atoms with Gasteiger partial charge in [0.1, 0.15) is 0 Å². The molecule has 3 heteroatoms. The van der Waals surface area contributed by atoms with Crippen molar-refractivity contribution in [2.45, 2.75) is 12.8 Å². The predicted molar refractivity (Wildman–Crippen MR) is 55.7 cm³/mol. The van der Waals surface area contributed by atoms with E-state index >= 15 is 0 Å². The van der Waals surface area contributed by atoms with Crippen molar-refractivity contribution in [2.75, 3.05) is 26.7 Å². The summed E-state index contributed by atoms with van der Waals surface area (Å²) in [6, 6.07) is 0. The topological polar surface area (TPSA) is 23.6 Å². The summed E-state index contributed by atoms with van der Waals surface area (Å²) < 4.78 is 0. The lowest BCUT2D eigenvalue weighted by atomic mass is 10.1. The van der Waals surface area contributed by atoms with Crippen molar-refractivity contribution >= 4 is 5.91 Å². The second kappa shape index (κ2) is 3.96. The zero-order chi connectivity index (χ0) is 9.97. The average molecular weight is 192 g/mol. The van der Waals surface area contributed by atoms with Crippen molar-refractivity contribution in [1.29, 1.82) is 0 Å². The van der Waals surface area contributed by atoms with Gasteiger partial charge in [0.25, 0.3) is 0 Å². The maximum absolute atomic E-state index is 11.7. The third kappa shape index (κ3) is 1.87. The lowest BCUT2D eigenvalue weighted by Gasteiger charge is -2.34. The third-order valence-electron chi connectivity index (χ3n) is 2.75. The van der Waals surface area contributed by atoms with Crippen LogP contribution in [0.4, 0.5) is 0 Å². The Hall–Kier alpha value is -1.09. The van der Waals surface area contributed by atoms with Gasteiger partial charge in [0.2, 0.25) is 5.91 Å². The van der Waals surface area contributed by atoms with Gasteiger partial charge in [0.15, 0.2) is 0 Å². The van der Waals surface area contributed by atoms with E-state index in [0.717, 1.165) is 25.9 Å². The molecule has 2 rings (SSSR count). The van der Waals surface area contributed by atoms with Crippen LogP contribution in [-0.2, 0) is 4.79 Å². The van der Waals surface area contributed by atoms with E-state index in [1.165, 1.54) is 5.70 Å². The van der Waals surface area contributed by atoms with Crippen LogP contribution in [0.15, 0.2) is 23.9 Å². The van der Waals surface area contributed by atoms with Crippen LogP contribution >= 0.6 is 0 Å². The second-order valence-corrected chi connectivity index (χ2v) is 3.91. The number of carbonyl (C=O) groups excluding carboxylic acids is 1. The maximum Gasteiger partial charge on any atom is 0.240 e. The van der Waals surface area contributed by atoms with Crippen molar-refractivity contribution in [3.63, 3.8) is 0 Å². The Balaban J connectivity index is 2.07.